The fourth-order valence-corrected chi connectivity index (χ4v) is 2.64. The zero-order valence-electron chi connectivity index (χ0n) is 8.10. The fraction of sp³-hybridized carbons (Fsp3) is 0.100. The van der Waals surface area contributed by atoms with Crippen LogP contribution in [0.15, 0.2) is 29.0 Å². The molecule has 0 aliphatic rings. The SMILES string of the molecule is Cc1sc2ncc(N)n2c1-c1ccco1. The summed E-state index contributed by atoms with van der Waals surface area (Å²) in [7, 11) is 0. The number of hydrogen-bond donors (Lipinski definition) is 1. The number of nitrogens with two attached hydrogens (primary N) is 1. The highest BCUT2D eigenvalue weighted by atomic mass is 32.1. The molecule has 0 bridgehead atoms. The van der Waals surface area contributed by atoms with Gasteiger partial charge in [-0.05, 0) is 19.1 Å². The van der Waals surface area contributed by atoms with Crippen LogP contribution in [0.3, 0.4) is 0 Å². The number of furan rings is 1. The van der Waals surface area contributed by atoms with Gasteiger partial charge in [-0.2, -0.15) is 0 Å². The number of nitrogens with zero attached hydrogens (tertiary/aromatic N) is 2. The van der Waals surface area contributed by atoms with Gasteiger partial charge in [0.25, 0.3) is 0 Å². The molecule has 3 aromatic rings. The minimum atomic E-state index is 0.640. The number of aromatic nitrogens is 2. The summed E-state index contributed by atoms with van der Waals surface area (Å²) < 4.78 is 7.31. The maximum Gasteiger partial charge on any atom is 0.196 e. The third kappa shape index (κ3) is 1.10. The van der Waals surface area contributed by atoms with E-state index in [1.165, 1.54) is 0 Å². The lowest BCUT2D eigenvalue weighted by atomic mass is 10.3. The first-order valence-electron chi connectivity index (χ1n) is 4.53. The van der Waals surface area contributed by atoms with Gasteiger partial charge in [-0.3, -0.25) is 4.40 Å². The summed E-state index contributed by atoms with van der Waals surface area (Å²) in [4.78, 5) is 6.28. The summed E-state index contributed by atoms with van der Waals surface area (Å²) in [5.74, 6) is 1.46. The topological polar surface area (TPSA) is 56.5 Å². The summed E-state index contributed by atoms with van der Waals surface area (Å²) >= 11 is 1.61. The second-order valence-electron chi connectivity index (χ2n) is 3.29. The molecule has 0 aliphatic heterocycles. The number of rotatable bonds is 1. The van der Waals surface area contributed by atoms with Crippen molar-refractivity contribution in [1.82, 2.24) is 9.38 Å². The van der Waals surface area contributed by atoms with Crippen molar-refractivity contribution in [2.45, 2.75) is 6.92 Å². The van der Waals surface area contributed by atoms with Crippen LogP contribution < -0.4 is 5.73 Å². The van der Waals surface area contributed by atoms with Gasteiger partial charge in [0.15, 0.2) is 10.7 Å². The van der Waals surface area contributed by atoms with E-state index in [1.54, 1.807) is 23.8 Å². The van der Waals surface area contributed by atoms with Gasteiger partial charge in [0.1, 0.15) is 11.5 Å². The molecule has 0 saturated heterocycles. The van der Waals surface area contributed by atoms with E-state index in [0.29, 0.717) is 5.82 Å². The first-order valence-corrected chi connectivity index (χ1v) is 5.35. The van der Waals surface area contributed by atoms with Crippen LogP contribution in [0.25, 0.3) is 16.4 Å². The predicted octanol–water partition coefficient (Wildman–Crippen LogP) is 2.55. The van der Waals surface area contributed by atoms with Crippen LogP contribution in [-0.2, 0) is 0 Å². The predicted molar refractivity (Wildman–Crippen MR) is 59.9 cm³/mol. The molecule has 2 N–H and O–H groups in total. The molecular formula is C10H9N3OS. The van der Waals surface area contributed by atoms with Gasteiger partial charge < -0.3 is 10.2 Å². The molecular weight excluding hydrogens is 210 g/mol. The van der Waals surface area contributed by atoms with Gasteiger partial charge in [0.05, 0.1) is 12.5 Å². The van der Waals surface area contributed by atoms with Gasteiger partial charge in [0, 0.05) is 4.88 Å². The first kappa shape index (κ1) is 8.55. The largest absolute Gasteiger partial charge is 0.463 e. The third-order valence-electron chi connectivity index (χ3n) is 2.31. The molecule has 3 rings (SSSR count). The molecule has 3 aromatic heterocycles. The summed E-state index contributed by atoms with van der Waals surface area (Å²) in [6, 6.07) is 3.79. The minimum Gasteiger partial charge on any atom is -0.463 e. The standard InChI is InChI=1S/C10H9N3OS/c1-6-9(7-3-2-4-14-7)13-8(11)5-12-10(13)15-6/h2-5H,11H2,1H3. The van der Waals surface area contributed by atoms with Crippen molar-refractivity contribution in [3.8, 4) is 11.5 Å². The van der Waals surface area contributed by atoms with E-state index in [-0.39, 0.29) is 0 Å². The lowest BCUT2D eigenvalue weighted by Gasteiger charge is -1.98. The lowest BCUT2D eigenvalue weighted by molar-refractivity contribution is 0.579. The summed E-state index contributed by atoms with van der Waals surface area (Å²) in [5.41, 5.74) is 6.86. The van der Waals surface area contributed by atoms with Crippen LogP contribution >= 0.6 is 11.3 Å². The summed E-state index contributed by atoms with van der Waals surface area (Å²) in [6.45, 7) is 2.04. The van der Waals surface area contributed by atoms with Crippen LogP contribution in [-0.4, -0.2) is 9.38 Å². The normalized spacial score (nSPS) is 11.3. The number of thiazole rings is 1. The van der Waals surface area contributed by atoms with Crippen molar-refractivity contribution < 1.29 is 4.42 Å². The molecule has 76 valence electrons. The van der Waals surface area contributed by atoms with Crippen molar-refractivity contribution in [3.63, 3.8) is 0 Å². The third-order valence-corrected chi connectivity index (χ3v) is 3.28. The van der Waals surface area contributed by atoms with E-state index in [9.17, 15) is 0 Å². The molecule has 0 amide bonds. The van der Waals surface area contributed by atoms with Gasteiger partial charge in [-0.1, -0.05) is 0 Å². The highest BCUT2D eigenvalue weighted by Gasteiger charge is 2.15. The van der Waals surface area contributed by atoms with Gasteiger partial charge in [-0.25, -0.2) is 4.98 Å². The minimum absolute atomic E-state index is 0.640. The number of hydrogen-bond acceptors (Lipinski definition) is 4. The molecule has 0 aromatic carbocycles. The smallest absolute Gasteiger partial charge is 0.196 e. The molecule has 5 heteroatoms. The second-order valence-corrected chi connectivity index (χ2v) is 4.47. The Morgan fingerprint density at radius 1 is 1.53 bits per heavy atom. The Morgan fingerprint density at radius 3 is 3.13 bits per heavy atom. The van der Waals surface area contributed by atoms with Crippen molar-refractivity contribution in [2.75, 3.05) is 5.73 Å². The Labute approximate surface area is 90.0 Å². The monoisotopic (exact) mass is 219 g/mol. The van der Waals surface area contributed by atoms with E-state index >= 15 is 0 Å². The van der Waals surface area contributed by atoms with Crippen LogP contribution in [0.2, 0.25) is 0 Å². The van der Waals surface area contributed by atoms with Crippen molar-refractivity contribution in [2.24, 2.45) is 0 Å². The molecule has 0 unspecified atom stereocenters. The summed E-state index contributed by atoms with van der Waals surface area (Å²) in [6.07, 6.45) is 3.32. The zero-order chi connectivity index (χ0) is 10.4. The second kappa shape index (κ2) is 2.87. The average Bonchev–Trinajstić information content (AvgIpc) is 2.85. The molecule has 4 nitrogen and oxygen atoms in total. The van der Waals surface area contributed by atoms with Gasteiger partial charge in [-0.15, -0.1) is 11.3 Å². The van der Waals surface area contributed by atoms with E-state index in [4.69, 9.17) is 10.2 Å². The Bertz CT molecular complexity index is 606. The van der Waals surface area contributed by atoms with Crippen LogP contribution in [0.1, 0.15) is 4.88 Å². The van der Waals surface area contributed by atoms with Gasteiger partial charge >= 0.3 is 0 Å². The molecule has 0 radical (unpaired) electrons. The maximum absolute atomic E-state index is 5.86. The Balaban J connectivity index is 2.42. The molecule has 3 heterocycles. The summed E-state index contributed by atoms with van der Waals surface area (Å²) in [5, 5.41) is 0. The Kier molecular flexibility index (Phi) is 1.63. The molecule has 0 fully saturated rings. The number of imidazole rings is 1. The zero-order valence-corrected chi connectivity index (χ0v) is 8.91. The fourth-order valence-electron chi connectivity index (χ4n) is 1.68. The highest BCUT2D eigenvalue weighted by Crippen LogP contribution is 2.32. The molecule has 0 saturated carbocycles. The number of nitrogen functional groups attached to an aromatic ring is 1. The van der Waals surface area contributed by atoms with E-state index in [0.717, 1.165) is 21.3 Å². The maximum atomic E-state index is 5.86. The lowest BCUT2D eigenvalue weighted by Crippen LogP contribution is -1.93. The molecule has 0 aliphatic carbocycles. The van der Waals surface area contributed by atoms with E-state index in [2.05, 4.69) is 4.98 Å². The molecule has 15 heavy (non-hydrogen) atoms. The molecule has 0 atom stereocenters. The Morgan fingerprint density at radius 2 is 2.40 bits per heavy atom. The van der Waals surface area contributed by atoms with E-state index < -0.39 is 0 Å². The van der Waals surface area contributed by atoms with Crippen LogP contribution in [0.5, 0.6) is 0 Å². The number of aryl methyl sites for hydroxylation is 1. The number of fused-ring (bicyclic) bond motifs is 1. The van der Waals surface area contributed by atoms with Crippen LogP contribution in [0.4, 0.5) is 5.82 Å². The average molecular weight is 219 g/mol. The number of anilines is 1. The van der Waals surface area contributed by atoms with Crippen molar-refractivity contribution in [1.29, 1.82) is 0 Å². The Hall–Kier alpha value is -1.75. The van der Waals surface area contributed by atoms with E-state index in [1.807, 2.05) is 23.5 Å². The van der Waals surface area contributed by atoms with Crippen LogP contribution in [0, 0.1) is 6.92 Å². The first-order chi connectivity index (χ1) is 7.27. The van der Waals surface area contributed by atoms with Gasteiger partial charge in [0.2, 0.25) is 0 Å². The highest BCUT2D eigenvalue weighted by molar-refractivity contribution is 7.17. The molecule has 0 spiro atoms. The van der Waals surface area contributed by atoms with Crippen molar-refractivity contribution in [3.05, 3.63) is 29.5 Å². The van der Waals surface area contributed by atoms with Crippen molar-refractivity contribution >= 4 is 22.1 Å². The quantitative estimate of drug-likeness (QED) is 0.684.